The molecule has 1 saturated heterocycles. The number of nitrogens with one attached hydrogen (secondary N) is 1. The number of hydrogen-bond acceptors (Lipinski definition) is 5. The van der Waals surface area contributed by atoms with E-state index in [1.54, 1.807) is 7.11 Å². The number of rotatable bonds is 9. The Hall–Kier alpha value is -0.650. The number of hydrogen-bond donors (Lipinski definition) is 1. The van der Waals surface area contributed by atoms with Gasteiger partial charge in [0.25, 0.3) is 0 Å². The van der Waals surface area contributed by atoms with Crippen LogP contribution in [-0.2, 0) is 14.3 Å². The zero-order valence-electron chi connectivity index (χ0n) is 14.1. The molecular weight excluding hydrogens is 268 g/mol. The van der Waals surface area contributed by atoms with Crippen LogP contribution in [0.25, 0.3) is 0 Å². The highest BCUT2D eigenvalue weighted by Crippen LogP contribution is 2.19. The fourth-order valence-corrected chi connectivity index (χ4v) is 3.00. The molecule has 0 aromatic rings. The number of ether oxygens (including phenoxy) is 2. The van der Waals surface area contributed by atoms with Gasteiger partial charge in [0.1, 0.15) is 5.54 Å². The van der Waals surface area contributed by atoms with Crippen LogP contribution in [0.2, 0.25) is 0 Å². The van der Waals surface area contributed by atoms with Crippen molar-refractivity contribution in [2.75, 3.05) is 47.0 Å². The van der Waals surface area contributed by atoms with E-state index in [0.717, 1.165) is 39.1 Å². The summed E-state index contributed by atoms with van der Waals surface area (Å²) >= 11 is 0. The fraction of sp³-hybridized carbons (Fsp3) is 0.938. The first-order chi connectivity index (χ1) is 10.1. The van der Waals surface area contributed by atoms with Gasteiger partial charge < -0.3 is 19.7 Å². The number of carbonyl (C=O) groups excluding carboxylic acids is 1. The molecule has 0 bridgehead atoms. The van der Waals surface area contributed by atoms with Gasteiger partial charge in [-0.25, -0.2) is 0 Å². The van der Waals surface area contributed by atoms with Gasteiger partial charge in [0, 0.05) is 13.7 Å². The van der Waals surface area contributed by atoms with Gasteiger partial charge in [-0.2, -0.15) is 0 Å². The number of methoxy groups -OCH3 is 1. The zero-order chi connectivity index (χ0) is 15.7. The summed E-state index contributed by atoms with van der Waals surface area (Å²) in [6, 6.07) is 0. The Kier molecular flexibility index (Phi) is 8.22. The van der Waals surface area contributed by atoms with E-state index in [2.05, 4.69) is 10.2 Å². The standard InChI is InChI=1S/C16H32N2O3/c1-5-21-15(19)16(2,17-3)9-7-11-18-10-6-8-14(12-18)13-20-4/h14,17H,5-13H2,1-4H3. The van der Waals surface area contributed by atoms with Crippen molar-refractivity contribution in [3.05, 3.63) is 0 Å². The summed E-state index contributed by atoms with van der Waals surface area (Å²) < 4.78 is 10.4. The molecular formula is C16H32N2O3. The van der Waals surface area contributed by atoms with Crippen LogP contribution in [0.5, 0.6) is 0 Å². The van der Waals surface area contributed by atoms with Crippen LogP contribution in [0.1, 0.15) is 39.5 Å². The molecule has 0 spiro atoms. The minimum Gasteiger partial charge on any atom is -0.465 e. The number of likely N-dealkylation sites (N-methyl/N-ethyl adjacent to an activating group) is 1. The Morgan fingerprint density at radius 3 is 2.86 bits per heavy atom. The van der Waals surface area contributed by atoms with Crippen molar-refractivity contribution in [2.45, 2.75) is 45.1 Å². The van der Waals surface area contributed by atoms with Gasteiger partial charge in [0.15, 0.2) is 0 Å². The van der Waals surface area contributed by atoms with Gasteiger partial charge >= 0.3 is 5.97 Å². The molecule has 0 aliphatic carbocycles. The summed E-state index contributed by atoms with van der Waals surface area (Å²) in [5.74, 6) is 0.507. The van der Waals surface area contributed by atoms with Crippen molar-refractivity contribution in [1.29, 1.82) is 0 Å². The lowest BCUT2D eigenvalue weighted by atomic mass is 9.94. The first-order valence-electron chi connectivity index (χ1n) is 8.13. The number of likely N-dealkylation sites (tertiary alicyclic amines) is 1. The van der Waals surface area contributed by atoms with Crippen molar-refractivity contribution in [2.24, 2.45) is 5.92 Å². The van der Waals surface area contributed by atoms with E-state index in [1.165, 1.54) is 12.8 Å². The van der Waals surface area contributed by atoms with E-state index in [4.69, 9.17) is 9.47 Å². The van der Waals surface area contributed by atoms with Crippen LogP contribution in [0.15, 0.2) is 0 Å². The second kappa shape index (κ2) is 9.38. The van der Waals surface area contributed by atoms with Crippen LogP contribution in [0, 0.1) is 5.92 Å². The molecule has 1 aliphatic rings. The third-order valence-corrected chi connectivity index (χ3v) is 4.43. The lowest BCUT2D eigenvalue weighted by Crippen LogP contribution is -2.49. The van der Waals surface area contributed by atoms with Crippen LogP contribution >= 0.6 is 0 Å². The maximum Gasteiger partial charge on any atom is 0.326 e. The van der Waals surface area contributed by atoms with Crippen molar-refractivity contribution in [3.63, 3.8) is 0 Å². The highest BCUT2D eigenvalue weighted by atomic mass is 16.5. The molecule has 1 aliphatic heterocycles. The van der Waals surface area contributed by atoms with E-state index in [-0.39, 0.29) is 5.97 Å². The normalized spacial score (nSPS) is 22.8. The third kappa shape index (κ3) is 5.93. The third-order valence-electron chi connectivity index (χ3n) is 4.43. The van der Waals surface area contributed by atoms with Crippen LogP contribution in [0.4, 0.5) is 0 Å². The first kappa shape index (κ1) is 18.4. The molecule has 1 fully saturated rings. The predicted molar refractivity (Wildman–Crippen MR) is 84.4 cm³/mol. The molecule has 2 atom stereocenters. The van der Waals surface area contributed by atoms with Gasteiger partial charge in [-0.3, -0.25) is 4.79 Å². The largest absolute Gasteiger partial charge is 0.465 e. The highest BCUT2D eigenvalue weighted by molar-refractivity contribution is 5.80. The van der Waals surface area contributed by atoms with Crippen LogP contribution < -0.4 is 5.32 Å². The molecule has 0 radical (unpaired) electrons. The van der Waals surface area contributed by atoms with Crippen LogP contribution in [-0.4, -0.2) is 63.4 Å². The average molecular weight is 300 g/mol. The summed E-state index contributed by atoms with van der Waals surface area (Å²) in [7, 11) is 3.60. The summed E-state index contributed by atoms with van der Waals surface area (Å²) in [6.07, 6.45) is 4.31. The van der Waals surface area contributed by atoms with Crippen molar-refractivity contribution >= 4 is 5.97 Å². The summed E-state index contributed by atoms with van der Waals surface area (Å²) in [5, 5.41) is 3.12. The van der Waals surface area contributed by atoms with E-state index in [0.29, 0.717) is 12.5 Å². The molecule has 0 aromatic carbocycles. The lowest BCUT2D eigenvalue weighted by Gasteiger charge is -2.33. The van der Waals surface area contributed by atoms with Gasteiger partial charge in [0.05, 0.1) is 13.2 Å². The second-order valence-corrected chi connectivity index (χ2v) is 6.17. The monoisotopic (exact) mass is 300 g/mol. The van der Waals surface area contributed by atoms with Gasteiger partial charge in [0.2, 0.25) is 0 Å². The van der Waals surface area contributed by atoms with E-state index >= 15 is 0 Å². The molecule has 0 amide bonds. The second-order valence-electron chi connectivity index (χ2n) is 6.17. The first-order valence-corrected chi connectivity index (χ1v) is 8.13. The molecule has 124 valence electrons. The van der Waals surface area contributed by atoms with Crippen molar-refractivity contribution in [3.8, 4) is 0 Å². The molecule has 1 rings (SSSR count). The minimum atomic E-state index is -0.572. The number of piperidine rings is 1. The van der Waals surface area contributed by atoms with Gasteiger partial charge in [-0.05, 0) is 65.6 Å². The molecule has 2 unspecified atom stereocenters. The molecule has 0 saturated carbocycles. The smallest absolute Gasteiger partial charge is 0.326 e. The SMILES string of the molecule is CCOC(=O)C(C)(CCCN1CCCC(COC)C1)NC. The Morgan fingerprint density at radius 1 is 1.48 bits per heavy atom. The topological polar surface area (TPSA) is 50.8 Å². The Labute approximate surface area is 129 Å². The highest BCUT2D eigenvalue weighted by Gasteiger charge is 2.32. The fourth-order valence-electron chi connectivity index (χ4n) is 3.00. The van der Waals surface area contributed by atoms with Gasteiger partial charge in [-0.1, -0.05) is 0 Å². The molecule has 5 heteroatoms. The predicted octanol–water partition coefficient (Wildman–Crippen LogP) is 1.67. The van der Waals surface area contributed by atoms with Crippen molar-refractivity contribution < 1.29 is 14.3 Å². The summed E-state index contributed by atoms with van der Waals surface area (Å²) in [5.41, 5.74) is -0.572. The van der Waals surface area contributed by atoms with E-state index in [1.807, 2.05) is 20.9 Å². The lowest BCUT2D eigenvalue weighted by molar-refractivity contribution is -0.150. The van der Waals surface area contributed by atoms with Crippen molar-refractivity contribution in [1.82, 2.24) is 10.2 Å². The number of carbonyl (C=O) groups is 1. The van der Waals surface area contributed by atoms with Crippen LogP contribution in [0.3, 0.4) is 0 Å². The quantitative estimate of drug-likeness (QED) is 0.656. The molecule has 5 nitrogen and oxygen atoms in total. The number of nitrogens with zero attached hydrogens (tertiary/aromatic N) is 1. The Morgan fingerprint density at radius 2 is 2.24 bits per heavy atom. The van der Waals surface area contributed by atoms with E-state index < -0.39 is 5.54 Å². The maximum absolute atomic E-state index is 12.0. The molecule has 21 heavy (non-hydrogen) atoms. The molecule has 1 heterocycles. The summed E-state index contributed by atoms with van der Waals surface area (Å²) in [4.78, 5) is 14.5. The molecule has 1 N–H and O–H groups in total. The number of esters is 1. The minimum absolute atomic E-state index is 0.150. The summed E-state index contributed by atoms with van der Waals surface area (Å²) in [6.45, 7) is 8.37. The Bertz CT molecular complexity index is 310. The Balaban J connectivity index is 2.35. The maximum atomic E-state index is 12.0. The average Bonchev–Trinajstić information content (AvgIpc) is 2.48. The van der Waals surface area contributed by atoms with E-state index in [9.17, 15) is 4.79 Å². The molecule has 0 aromatic heterocycles. The zero-order valence-corrected chi connectivity index (χ0v) is 14.1. The van der Waals surface area contributed by atoms with Gasteiger partial charge in [-0.15, -0.1) is 0 Å².